The van der Waals surface area contributed by atoms with Gasteiger partial charge in [0.1, 0.15) is 0 Å². The Morgan fingerprint density at radius 2 is 1.30 bits per heavy atom. The Balaban J connectivity index is 1.41. The molecule has 3 aromatic rings. The van der Waals surface area contributed by atoms with Gasteiger partial charge in [-0.3, -0.25) is 0 Å². The molecule has 142 valence electrons. The maximum absolute atomic E-state index is 6.16. The average molecular weight is 421 g/mol. The van der Waals surface area contributed by atoms with Gasteiger partial charge in [0.15, 0.2) is 0 Å². The molecule has 5 rings (SSSR count). The lowest BCUT2D eigenvalue weighted by Crippen LogP contribution is -2.33. The van der Waals surface area contributed by atoms with Crippen molar-refractivity contribution in [2.24, 2.45) is 0 Å². The SMILES string of the molecule is c1csc(-c2ccc(C3(CCC4(c5cccs5)OCCO4)OCCO3)s2)c1. The largest absolute Gasteiger partial charge is 0.343 e. The van der Waals surface area contributed by atoms with Crippen LogP contribution in [-0.2, 0) is 30.5 Å². The van der Waals surface area contributed by atoms with Crippen LogP contribution in [0.3, 0.4) is 0 Å². The minimum Gasteiger partial charge on any atom is -0.343 e. The minimum atomic E-state index is -0.709. The van der Waals surface area contributed by atoms with Crippen molar-refractivity contribution in [2.75, 3.05) is 26.4 Å². The molecule has 0 atom stereocenters. The molecule has 0 saturated carbocycles. The van der Waals surface area contributed by atoms with E-state index < -0.39 is 11.6 Å². The fourth-order valence-corrected chi connectivity index (χ4v) is 6.48. The molecule has 2 fully saturated rings. The van der Waals surface area contributed by atoms with Crippen LogP contribution < -0.4 is 0 Å². The molecule has 5 heterocycles. The van der Waals surface area contributed by atoms with Crippen molar-refractivity contribution in [1.82, 2.24) is 0 Å². The lowest BCUT2D eigenvalue weighted by Gasteiger charge is -2.32. The van der Waals surface area contributed by atoms with Crippen LogP contribution in [0.2, 0.25) is 0 Å². The first-order valence-electron chi connectivity index (χ1n) is 9.04. The fraction of sp³-hybridized carbons (Fsp3) is 0.400. The Morgan fingerprint density at radius 3 is 1.89 bits per heavy atom. The van der Waals surface area contributed by atoms with Crippen LogP contribution >= 0.6 is 34.0 Å². The molecular weight excluding hydrogens is 400 g/mol. The summed E-state index contributed by atoms with van der Waals surface area (Å²) < 4.78 is 24.5. The maximum atomic E-state index is 6.16. The van der Waals surface area contributed by atoms with Gasteiger partial charge in [-0.25, -0.2) is 0 Å². The number of hydrogen-bond donors (Lipinski definition) is 0. The maximum Gasteiger partial charge on any atom is 0.204 e. The van der Waals surface area contributed by atoms with Gasteiger partial charge < -0.3 is 18.9 Å². The van der Waals surface area contributed by atoms with E-state index in [4.69, 9.17) is 18.9 Å². The topological polar surface area (TPSA) is 36.9 Å². The molecular formula is C20H20O4S3. The van der Waals surface area contributed by atoms with Gasteiger partial charge in [0.2, 0.25) is 11.6 Å². The Bertz CT molecular complexity index is 857. The summed E-state index contributed by atoms with van der Waals surface area (Å²) in [5, 5.41) is 4.17. The second-order valence-electron chi connectivity index (χ2n) is 6.52. The standard InChI is InChI=1S/C20H20O4S3/c1-3-15(25-13-1)16-5-6-18(27-16)20(23-11-12-24-20)8-7-19(21-9-10-22-19)17-4-2-14-26-17/h1-6,13-14H,7-12H2. The summed E-state index contributed by atoms with van der Waals surface area (Å²) in [6.07, 6.45) is 1.38. The Hall–Kier alpha value is -1.06. The highest BCUT2D eigenvalue weighted by atomic mass is 32.1. The van der Waals surface area contributed by atoms with Gasteiger partial charge in [-0.2, -0.15) is 0 Å². The number of rotatable bonds is 6. The Kier molecular flexibility index (Phi) is 4.94. The first-order chi connectivity index (χ1) is 13.3. The predicted molar refractivity (Wildman–Crippen MR) is 108 cm³/mol. The highest BCUT2D eigenvalue weighted by Crippen LogP contribution is 2.47. The summed E-state index contributed by atoms with van der Waals surface area (Å²) in [6, 6.07) is 12.7. The van der Waals surface area contributed by atoms with E-state index in [1.807, 2.05) is 6.07 Å². The molecule has 0 aromatic carbocycles. The van der Waals surface area contributed by atoms with Crippen molar-refractivity contribution in [2.45, 2.75) is 24.4 Å². The van der Waals surface area contributed by atoms with Gasteiger partial charge in [-0.15, -0.1) is 34.0 Å². The zero-order valence-corrected chi connectivity index (χ0v) is 17.2. The zero-order chi connectivity index (χ0) is 18.2. The Morgan fingerprint density at radius 1 is 0.667 bits per heavy atom. The first kappa shape index (κ1) is 18.0. The van der Waals surface area contributed by atoms with Crippen LogP contribution in [0.25, 0.3) is 9.75 Å². The molecule has 0 spiro atoms. The fourth-order valence-electron chi connectivity index (χ4n) is 3.65. The van der Waals surface area contributed by atoms with E-state index in [0.717, 1.165) is 9.75 Å². The summed E-state index contributed by atoms with van der Waals surface area (Å²) in [5.41, 5.74) is 0. The van der Waals surface area contributed by atoms with Gasteiger partial charge in [0.05, 0.1) is 36.2 Å². The second-order valence-corrected chi connectivity index (χ2v) is 9.50. The van der Waals surface area contributed by atoms with Crippen molar-refractivity contribution in [3.8, 4) is 9.75 Å². The quantitative estimate of drug-likeness (QED) is 0.534. The monoisotopic (exact) mass is 420 g/mol. The van der Waals surface area contributed by atoms with Gasteiger partial charge in [-0.1, -0.05) is 12.1 Å². The summed E-state index contributed by atoms with van der Waals surface area (Å²) in [5.74, 6) is -1.38. The second kappa shape index (κ2) is 7.40. The normalized spacial score (nSPS) is 21.0. The van der Waals surface area contributed by atoms with Crippen molar-refractivity contribution >= 4 is 34.0 Å². The Labute approximate surface area is 170 Å². The predicted octanol–water partition coefficient (Wildman–Crippen LogP) is 5.42. The smallest absolute Gasteiger partial charge is 0.204 e. The van der Waals surface area contributed by atoms with E-state index in [2.05, 4.69) is 41.1 Å². The van der Waals surface area contributed by atoms with Crippen molar-refractivity contribution in [1.29, 1.82) is 0 Å². The van der Waals surface area contributed by atoms with E-state index in [1.54, 1.807) is 34.0 Å². The molecule has 0 amide bonds. The molecule has 0 unspecified atom stereocenters. The van der Waals surface area contributed by atoms with Crippen LogP contribution in [0.4, 0.5) is 0 Å². The molecule has 27 heavy (non-hydrogen) atoms. The third-order valence-corrected chi connectivity index (χ3v) is 8.20. The van der Waals surface area contributed by atoms with E-state index in [9.17, 15) is 0 Å². The van der Waals surface area contributed by atoms with E-state index in [0.29, 0.717) is 39.3 Å². The van der Waals surface area contributed by atoms with Crippen LogP contribution in [0.15, 0.2) is 47.2 Å². The highest BCUT2D eigenvalue weighted by Gasteiger charge is 2.46. The summed E-state index contributed by atoms with van der Waals surface area (Å²) in [7, 11) is 0. The van der Waals surface area contributed by atoms with E-state index in [-0.39, 0.29) is 0 Å². The molecule has 3 aromatic heterocycles. The van der Waals surface area contributed by atoms with Crippen LogP contribution in [0, 0.1) is 0 Å². The van der Waals surface area contributed by atoms with Gasteiger partial charge in [0.25, 0.3) is 0 Å². The molecule has 2 aliphatic heterocycles. The van der Waals surface area contributed by atoms with Crippen LogP contribution in [0.5, 0.6) is 0 Å². The lowest BCUT2D eigenvalue weighted by atomic mass is 10.0. The molecule has 0 radical (unpaired) electrons. The van der Waals surface area contributed by atoms with E-state index >= 15 is 0 Å². The summed E-state index contributed by atoms with van der Waals surface area (Å²) >= 11 is 5.17. The number of ether oxygens (including phenoxy) is 4. The summed E-state index contributed by atoms with van der Waals surface area (Å²) in [4.78, 5) is 4.75. The first-order valence-corrected chi connectivity index (χ1v) is 11.6. The molecule has 0 bridgehead atoms. The van der Waals surface area contributed by atoms with Gasteiger partial charge in [-0.05, 0) is 35.0 Å². The zero-order valence-electron chi connectivity index (χ0n) is 14.7. The van der Waals surface area contributed by atoms with Crippen molar-refractivity contribution < 1.29 is 18.9 Å². The van der Waals surface area contributed by atoms with Gasteiger partial charge in [0, 0.05) is 22.6 Å². The number of hydrogen-bond acceptors (Lipinski definition) is 7. The molecule has 2 aliphatic rings. The molecule has 7 heteroatoms. The van der Waals surface area contributed by atoms with Crippen molar-refractivity contribution in [3.63, 3.8) is 0 Å². The molecule has 4 nitrogen and oxygen atoms in total. The molecule has 2 saturated heterocycles. The number of thiophene rings is 3. The molecule has 0 aliphatic carbocycles. The van der Waals surface area contributed by atoms with Crippen LogP contribution in [0.1, 0.15) is 22.6 Å². The average Bonchev–Trinajstić information content (AvgIpc) is 3.51. The van der Waals surface area contributed by atoms with Crippen LogP contribution in [-0.4, -0.2) is 26.4 Å². The van der Waals surface area contributed by atoms with Gasteiger partial charge >= 0.3 is 0 Å². The highest BCUT2D eigenvalue weighted by molar-refractivity contribution is 7.21. The minimum absolute atomic E-state index is 0.611. The molecule has 0 N–H and O–H groups in total. The van der Waals surface area contributed by atoms with Crippen molar-refractivity contribution in [3.05, 3.63) is 56.9 Å². The summed E-state index contributed by atoms with van der Waals surface area (Å²) in [6.45, 7) is 2.46. The van der Waals surface area contributed by atoms with E-state index in [1.165, 1.54) is 9.75 Å². The third-order valence-electron chi connectivity index (χ3n) is 4.93. The third kappa shape index (κ3) is 3.31. The lowest BCUT2D eigenvalue weighted by molar-refractivity contribution is -0.211.